The van der Waals surface area contributed by atoms with Gasteiger partial charge in [-0.3, -0.25) is 9.59 Å². The Balaban J connectivity index is 2.08. The molecule has 0 bridgehead atoms. The van der Waals surface area contributed by atoms with Crippen molar-refractivity contribution in [3.05, 3.63) is 75.6 Å². The monoisotopic (exact) mass is 441 g/mol. The number of rotatable bonds is 7. The predicted octanol–water partition coefficient (Wildman–Crippen LogP) is 3.14. The number of hydrogen-bond acceptors (Lipinski definition) is 4. The first kappa shape index (κ1) is 22.7. The maximum absolute atomic E-state index is 13.2. The van der Waals surface area contributed by atoms with E-state index in [0.717, 1.165) is 11.1 Å². The fourth-order valence-corrected chi connectivity index (χ4v) is 5.09. The zero-order valence-electron chi connectivity index (χ0n) is 18.2. The molecule has 2 aromatic carbocycles. The summed E-state index contributed by atoms with van der Waals surface area (Å²) in [6, 6.07) is 13.4. The highest BCUT2D eigenvalue weighted by Crippen LogP contribution is 2.24. The molecule has 0 atom stereocenters. The Bertz CT molecular complexity index is 1280. The fraction of sp³-hybridized carbons (Fsp3) is 0.304. The Labute approximate surface area is 182 Å². The molecule has 8 heteroatoms. The van der Waals surface area contributed by atoms with Gasteiger partial charge in [0.25, 0.3) is 5.91 Å². The van der Waals surface area contributed by atoms with Crippen LogP contribution in [-0.2, 0) is 16.6 Å². The van der Waals surface area contributed by atoms with Crippen LogP contribution in [0, 0.1) is 6.92 Å². The van der Waals surface area contributed by atoms with Gasteiger partial charge in [-0.2, -0.15) is 4.31 Å². The lowest BCUT2D eigenvalue weighted by Gasteiger charge is -2.21. The van der Waals surface area contributed by atoms with Gasteiger partial charge >= 0.3 is 0 Å². The van der Waals surface area contributed by atoms with Crippen LogP contribution in [0.4, 0.5) is 0 Å². The van der Waals surface area contributed by atoms with E-state index in [1.54, 1.807) is 20.9 Å². The number of fused-ring (bicyclic) bond motifs is 1. The van der Waals surface area contributed by atoms with E-state index >= 15 is 0 Å². The topological polar surface area (TPSA) is 90.5 Å². The van der Waals surface area contributed by atoms with Crippen molar-refractivity contribution in [3.8, 4) is 0 Å². The second kappa shape index (κ2) is 9.03. The molecule has 0 spiro atoms. The molecular weight excluding hydrogens is 414 g/mol. The number of carbonyl (C=O) groups is 1. The Morgan fingerprint density at radius 2 is 1.71 bits per heavy atom. The molecule has 3 rings (SSSR count). The zero-order valence-corrected chi connectivity index (χ0v) is 19.0. The molecule has 164 valence electrons. The van der Waals surface area contributed by atoms with Crippen molar-refractivity contribution in [1.29, 1.82) is 0 Å². The molecule has 0 aliphatic rings. The Morgan fingerprint density at radius 1 is 1.03 bits per heavy atom. The van der Waals surface area contributed by atoms with Gasteiger partial charge in [-0.05, 0) is 36.2 Å². The molecular formula is C23H27N3O4S. The summed E-state index contributed by atoms with van der Waals surface area (Å²) in [5, 5.41) is 0.398. The van der Waals surface area contributed by atoms with Gasteiger partial charge in [0.1, 0.15) is 0 Å². The van der Waals surface area contributed by atoms with Crippen molar-refractivity contribution < 1.29 is 13.2 Å². The molecule has 0 saturated heterocycles. The number of sulfonamides is 1. The highest BCUT2D eigenvalue weighted by Gasteiger charge is 2.24. The van der Waals surface area contributed by atoms with Gasteiger partial charge in [0.05, 0.1) is 10.5 Å². The summed E-state index contributed by atoms with van der Waals surface area (Å²) in [6.45, 7) is 6.57. The number of aromatic nitrogens is 1. The number of H-pyrrole nitrogens is 1. The SMILES string of the molecule is CCN(CC)S(=O)(=O)c1ccc2[nH]c(=O)cc(C(=O)N(C)Cc3ccccc3C)c2c1. The second-order valence-corrected chi connectivity index (χ2v) is 9.37. The summed E-state index contributed by atoms with van der Waals surface area (Å²) in [6.07, 6.45) is 0. The van der Waals surface area contributed by atoms with E-state index in [1.807, 2.05) is 31.2 Å². The van der Waals surface area contributed by atoms with Crippen LogP contribution in [0.25, 0.3) is 10.9 Å². The highest BCUT2D eigenvalue weighted by atomic mass is 32.2. The first-order chi connectivity index (χ1) is 14.7. The maximum Gasteiger partial charge on any atom is 0.254 e. The summed E-state index contributed by atoms with van der Waals surface area (Å²) in [5.41, 5.74) is 2.23. The molecule has 0 radical (unpaired) electrons. The van der Waals surface area contributed by atoms with Crippen molar-refractivity contribution in [2.75, 3.05) is 20.1 Å². The molecule has 0 aliphatic carbocycles. The Morgan fingerprint density at radius 3 is 2.35 bits per heavy atom. The third-order valence-electron chi connectivity index (χ3n) is 5.40. The third kappa shape index (κ3) is 4.55. The average molecular weight is 442 g/mol. The van der Waals surface area contributed by atoms with Crippen molar-refractivity contribution in [2.24, 2.45) is 0 Å². The molecule has 1 amide bonds. The van der Waals surface area contributed by atoms with Gasteiger partial charge in [0.15, 0.2) is 0 Å². The molecule has 31 heavy (non-hydrogen) atoms. The van der Waals surface area contributed by atoms with Crippen LogP contribution in [0.1, 0.15) is 35.3 Å². The number of nitrogens with zero attached hydrogens (tertiary/aromatic N) is 2. The first-order valence-electron chi connectivity index (χ1n) is 10.2. The van der Waals surface area contributed by atoms with Crippen molar-refractivity contribution in [1.82, 2.24) is 14.2 Å². The molecule has 7 nitrogen and oxygen atoms in total. The van der Waals surface area contributed by atoms with Crippen molar-refractivity contribution in [2.45, 2.75) is 32.2 Å². The van der Waals surface area contributed by atoms with Gasteiger partial charge in [0, 0.05) is 43.7 Å². The second-order valence-electron chi connectivity index (χ2n) is 7.43. The average Bonchev–Trinajstić information content (AvgIpc) is 2.74. The van der Waals surface area contributed by atoms with E-state index in [-0.39, 0.29) is 16.4 Å². The van der Waals surface area contributed by atoms with Crippen LogP contribution in [0.2, 0.25) is 0 Å². The third-order valence-corrected chi connectivity index (χ3v) is 7.45. The maximum atomic E-state index is 13.2. The van der Waals surface area contributed by atoms with Gasteiger partial charge in [-0.1, -0.05) is 38.1 Å². The minimum absolute atomic E-state index is 0.0892. The highest BCUT2D eigenvalue weighted by molar-refractivity contribution is 7.89. The van der Waals surface area contributed by atoms with E-state index in [1.165, 1.54) is 33.5 Å². The summed E-state index contributed by atoms with van der Waals surface area (Å²) < 4.78 is 27.3. The number of carbonyl (C=O) groups excluding carboxylic acids is 1. The van der Waals surface area contributed by atoms with E-state index < -0.39 is 15.6 Å². The number of amides is 1. The lowest BCUT2D eigenvalue weighted by atomic mass is 10.1. The van der Waals surface area contributed by atoms with E-state index in [0.29, 0.717) is 30.5 Å². The molecule has 0 unspecified atom stereocenters. The van der Waals surface area contributed by atoms with E-state index in [2.05, 4.69) is 4.98 Å². The van der Waals surface area contributed by atoms with Crippen molar-refractivity contribution in [3.63, 3.8) is 0 Å². The fourth-order valence-electron chi connectivity index (χ4n) is 3.60. The number of hydrogen-bond donors (Lipinski definition) is 1. The van der Waals surface area contributed by atoms with Gasteiger partial charge in [0.2, 0.25) is 15.6 Å². The van der Waals surface area contributed by atoms with Crippen LogP contribution in [0.3, 0.4) is 0 Å². The lowest BCUT2D eigenvalue weighted by Crippen LogP contribution is -2.31. The van der Waals surface area contributed by atoms with Crippen LogP contribution in [0.5, 0.6) is 0 Å². The van der Waals surface area contributed by atoms with E-state index in [9.17, 15) is 18.0 Å². The lowest BCUT2D eigenvalue weighted by molar-refractivity contribution is 0.0786. The smallest absolute Gasteiger partial charge is 0.254 e. The van der Waals surface area contributed by atoms with Gasteiger partial charge in [-0.25, -0.2) is 8.42 Å². The number of nitrogens with one attached hydrogen (secondary N) is 1. The summed E-state index contributed by atoms with van der Waals surface area (Å²) >= 11 is 0. The van der Waals surface area contributed by atoms with Crippen LogP contribution in [0.15, 0.2) is 58.2 Å². The molecule has 0 aliphatic heterocycles. The van der Waals surface area contributed by atoms with Crippen LogP contribution >= 0.6 is 0 Å². The Kier molecular flexibility index (Phi) is 6.62. The van der Waals surface area contributed by atoms with Gasteiger partial charge < -0.3 is 9.88 Å². The molecule has 1 heterocycles. The summed E-state index contributed by atoms with van der Waals surface area (Å²) in [4.78, 5) is 29.7. The minimum atomic E-state index is -3.70. The molecule has 3 aromatic rings. The van der Waals surface area contributed by atoms with Crippen LogP contribution < -0.4 is 5.56 Å². The van der Waals surface area contributed by atoms with Crippen LogP contribution in [-0.4, -0.2) is 48.7 Å². The normalized spacial score (nSPS) is 11.8. The number of aromatic amines is 1. The molecule has 0 fully saturated rings. The summed E-state index contributed by atoms with van der Waals surface area (Å²) in [5.74, 6) is -0.350. The number of benzene rings is 2. The summed E-state index contributed by atoms with van der Waals surface area (Å²) in [7, 11) is -2.04. The number of pyridine rings is 1. The predicted molar refractivity (Wildman–Crippen MR) is 122 cm³/mol. The Hall–Kier alpha value is -2.97. The molecule has 1 N–H and O–H groups in total. The number of aryl methyl sites for hydroxylation is 1. The quantitative estimate of drug-likeness (QED) is 0.610. The van der Waals surface area contributed by atoms with Crippen molar-refractivity contribution >= 4 is 26.8 Å². The van der Waals surface area contributed by atoms with Gasteiger partial charge in [-0.15, -0.1) is 0 Å². The minimum Gasteiger partial charge on any atom is -0.337 e. The molecule has 0 saturated carbocycles. The standard InChI is InChI=1S/C23H27N3O4S/c1-5-26(6-2)31(29,30)18-11-12-21-19(13-18)20(14-22(27)24-21)23(28)25(4)15-17-10-8-7-9-16(17)3/h7-14H,5-6,15H2,1-4H3,(H,24,27). The van der Waals surface area contributed by atoms with E-state index in [4.69, 9.17) is 0 Å². The first-order valence-corrected chi connectivity index (χ1v) is 11.6. The molecule has 1 aromatic heterocycles. The zero-order chi connectivity index (χ0) is 22.8. The largest absolute Gasteiger partial charge is 0.337 e.